The standard InChI is InChI=1S/C16H21Cl3N2O2/c1-11-9-21(10-12(2)23-11)15(16(17,18)19)20-14(22)8-13-6-4-3-5-7-13/h3-7,11-12,15H,8-10H2,1-2H3,(H,20,22)/p+1/t11-,12-,15-/m0/s1. The van der Waals surface area contributed by atoms with Gasteiger partial charge in [0.1, 0.15) is 25.3 Å². The summed E-state index contributed by atoms with van der Waals surface area (Å²) in [5, 5.41) is 2.89. The molecule has 1 heterocycles. The Bertz CT molecular complexity index is 512. The molecule has 0 radical (unpaired) electrons. The molecule has 1 aliphatic rings. The molecule has 0 unspecified atom stereocenters. The highest BCUT2D eigenvalue weighted by Gasteiger charge is 2.44. The zero-order chi connectivity index (χ0) is 17.0. The number of morpholine rings is 1. The molecular formula is C16H22Cl3N2O2+. The van der Waals surface area contributed by atoms with E-state index in [4.69, 9.17) is 39.5 Å². The lowest BCUT2D eigenvalue weighted by Gasteiger charge is -2.39. The van der Waals surface area contributed by atoms with Crippen molar-refractivity contribution in [3.05, 3.63) is 35.9 Å². The monoisotopic (exact) mass is 379 g/mol. The summed E-state index contributed by atoms with van der Waals surface area (Å²) in [5.41, 5.74) is 0.923. The van der Waals surface area contributed by atoms with Gasteiger partial charge in [0.25, 0.3) is 3.79 Å². The number of rotatable bonds is 4. The second-order valence-electron chi connectivity index (χ2n) is 6.03. The van der Waals surface area contributed by atoms with E-state index in [9.17, 15) is 4.79 Å². The largest absolute Gasteiger partial charge is 0.364 e. The maximum atomic E-state index is 12.3. The average Bonchev–Trinajstić information content (AvgIpc) is 2.43. The van der Waals surface area contributed by atoms with Gasteiger partial charge in [-0.25, -0.2) is 0 Å². The Morgan fingerprint density at radius 1 is 1.26 bits per heavy atom. The van der Waals surface area contributed by atoms with Crippen LogP contribution in [-0.4, -0.2) is 41.2 Å². The van der Waals surface area contributed by atoms with Crippen LogP contribution in [0, 0.1) is 0 Å². The number of carbonyl (C=O) groups excluding carboxylic acids is 1. The van der Waals surface area contributed by atoms with Gasteiger partial charge in [0.2, 0.25) is 12.1 Å². The minimum atomic E-state index is -1.58. The van der Waals surface area contributed by atoms with E-state index in [1.807, 2.05) is 44.2 Å². The molecule has 1 aromatic rings. The highest BCUT2D eigenvalue weighted by atomic mass is 35.6. The first kappa shape index (κ1) is 18.8. The molecule has 1 aromatic carbocycles. The van der Waals surface area contributed by atoms with Crippen LogP contribution < -0.4 is 10.2 Å². The molecule has 0 spiro atoms. The SMILES string of the molecule is C[C@H]1C[NH+]([C@H](NC(=O)Cc2ccccc2)C(Cl)(Cl)Cl)C[C@H](C)O1. The number of ether oxygens (including phenoxy) is 1. The van der Waals surface area contributed by atoms with Gasteiger partial charge < -0.3 is 15.0 Å². The minimum absolute atomic E-state index is 0.0506. The predicted octanol–water partition coefficient (Wildman–Crippen LogP) is 1.73. The molecule has 0 aliphatic carbocycles. The third-order valence-electron chi connectivity index (χ3n) is 3.81. The van der Waals surface area contributed by atoms with E-state index in [2.05, 4.69) is 5.32 Å². The van der Waals surface area contributed by atoms with Gasteiger partial charge in [0.15, 0.2) is 0 Å². The van der Waals surface area contributed by atoms with Crippen molar-refractivity contribution in [3.8, 4) is 0 Å². The van der Waals surface area contributed by atoms with Gasteiger partial charge in [-0.2, -0.15) is 0 Å². The lowest BCUT2D eigenvalue weighted by atomic mass is 10.1. The number of alkyl halides is 3. The molecular weight excluding hydrogens is 359 g/mol. The fraction of sp³-hybridized carbons (Fsp3) is 0.562. The van der Waals surface area contributed by atoms with Gasteiger partial charge >= 0.3 is 0 Å². The van der Waals surface area contributed by atoms with Crippen LogP contribution in [0.1, 0.15) is 19.4 Å². The van der Waals surface area contributed by atoms with E-state index in [0.29, 0.717) is 13.1 Å². The Balaban J connectivity index is 2.05. The smallest absolute Gasteiger partial charge is 0.262 e. The first-order chi connectivity index (χ1) is 10.8. The van der Waals surface area contributed by atoms with Gasteiger partial charge in [-0.3, -0.25) is 4.79 Å². The number of amides is 1. The second-order valence-corrected chi connectivity index (χ2v) is 8.40. The van der Waals surface area contributed by atoms with E-state index in [0.717, 1.165) is 10.5 Å². The highest BCUT2D eigenvalue weighted by Crippen LogP contribution is 2.28. The molecule has 2 rings (SSSR count). The minimum Gasteiger partial charge on any atom is -0.364 e. The van der Waals surface area contributed by atoms with Gasteiger partial charge in [-0.05, 0) is 19.4 Å². The lowest BCUT2D eigenvalue weighted by molar-refractivity contribution is -0.941. The van der Waals surface area contributed by atoms with Gasteiger partial charge in [-0.15, -0.1) is 0 Å². The number of benzene rings is 1. The van der Waals surface area contributed by atoms with Gasteiger partial charge in [0, 0.05) is 0 Å². The zero-order valence-electron chi connectivity index (χ0n) is 13.2. The van der Waals surface area contributed by atoms with E-state index >= 15 is 0 Å². The van der Waals surface area contributed by atoms with Crippen molar-refractivity contribution in [2.75, 3.05) is 13.1 Å². The zero-order valence-corrected chi connectivity index (χ0v) is 15.5. The van der Waals surface area contributed by atoms with Crippen molar-refractivity contribution in [1.29, 1.82) is 0 Å². The molecule has 0 bridgehead atoms. The van der Waals surface area contributed by atoms with Crippen molar-refractivity contribution in [2.45, 2.75) is 42.4 Å². The van der Waals surface area contributed by atoms with Crippen LogP contribution in [0.2, 0.25) is 0 Å². The van der Waals surface area contributed by atoms with Crippen LogP contribution >= 0.6 is 34.8 Å². The van der Waals surface area contributed by atoms with Crippen LogP contribution in [0.4, 0.5) is 0 Å². The maximum absolute atomic E-state index is 12.3. The summed E-state index contributed by atoms with van der Waals surface area (Å²) in [4.78, 5) is 13.4. The van der Waals surface area contributed by atoms with Gasteiger partial charge in [-0.1, -0.05) is 65.1 Å². The number of nitrogens with one attached hydrogen (secondary N) is 2. The first-order valence-corrected chi connectivity index (χ1v) is 8.79. The molecule has 0 saturated carbocycles. The molecule has 1 aliphatic heterocycles. The van der Waals surface area contributed by atoms with Crippen molar-refractivity contribution < 1.29 is 14.4 Å². The molecule has 1 fully saturated rings. The summed E-state index contributed by atoms with van der Waals surface area (Å²) >= 11 is 18.4. The Hall–Kier alpha value is -0.520. The molecule has 4 nitrogen and oxygen atoms in total. The second kappa shape index (κ2) is 8.04. The van der Waals surface area contributed by atoms with Crippen LogP contribution in [0.5, 0.6) is 0 Å². The first-order valence-electron chi connectivity index (χ1n) is 7.65. The van der Waals surface area contributed by atoms with Crippen LogP contribution in [0.3, 0.4) is 0 Å². The Morgan fingerprint density at radius 2 is 1.83 bits per heavy atom. The fourth-order valence-electron chi connectivity index (χ4n) is 2.96. The normalized spacial score (nSPS) is 26.6. The summed E-state index contributed by atoms with van der Waals surface area (Å²) < 4.78 is 4.13. The fourth-order valence-corrected chi connectivity index (χ4v) is 3.59. The topological polar surface area (TPSA) is 42.8 Å². The van der Waals surface area contributed by atoms with Gasteiger partial charge in [0.05, 0.1) is 6.42 Å². The number of hydrogen-bond donors (Lipinski definition) is 2. The van der Waals surface area contributed by atoms with Crippen LogP contribution in [0.15, 0.2) is 30.3 Å². The van der Waals surface area contributed by atoms with Crippen LogP contribution in [0.25, 0.3) is 0 Å². The van der Waals surface area contributed by atoms with E-state index in [1.165, 1.54) is 0 Å². The third kappa shape index (κ3) is 5.80. The van der Waals surface area contributed by atoms with E-state index in [-0.39, 0.29) is 24.5 Å². The Morgan fingerprint density at radius 3 is 2.35 bits per heavy atom. The Labute approximate surface area is 152 Å². The molecule has 7 heteroatoms. The number of halogens is 3. The molecule has 1 amide bonds. The molecule has 0 aromatic heterocycles. The average molecular weight is 381 g/mol. The molecule has 1 saturated heterocycles. The lowest BCUT2D eigenvalue weighted by Crippen LogP contribution is -3.22. The molecule has 3 atom stereocenters. The summed E-state index contributed by atoms with van der Waals surface area (Å²) in [6.07, 6.45) is -0.255. The highest BCUT2D eigenvalue weighted by molar-refractivity contribution is 6.68. The van der Waals surface area contributed by atoms with Crippen molar-refractivity contribution in [1.82, 2.24) is 5.32 Å². The Kier molecular flexibility index (Phi) is 6.57. The third-order valence-corrected chi connectivity index (χ3v) is 4.47. The summed E-state index contributed by atoms with van der Waals surface area (Å²) in [6.45, 7) is 5.32. The maximum Gasteiger partial charge on any atom is 0.262 e. The van der Waals surface area contributed by atoms with Crippen molar-refractivity contribution in [3.63, 3.8) is 0 Å². The number of quaternary nitrogens is 1. The number of hydrogen-bond acceptors (Lipinski definition) is 2. The van der Waals surface area contributed by atoms with Crippen LogP contribution in [-0.2, 0) is 16.0 Å². The summed E-state index contributed by atoms with van der Waals surface area (Å²) in [5.74, 6) is -0.160. The quantitative estimate of drug-likeness (QED) is 0.781. The van der Waals surface area contributed by atoms with E-state index < -0.39 is 9.96 Å². The molecule has 23 heavy (non-hydrogen) atoms. The predicted molar refractivity (Wildman–Crippen MR) is 93.1 cm³/mol. The number of carbonyl (C=O) groups is 1. The van der Waals surface area contributed by atoms with Crippen molar-refractivity contribution in [2.24, 2.45) is 0 Å². The molecule has 128 valence electrons. The molecule has 2 N–H and O–H groups in total. The summed E-state index contributed by atoms with van der Waals surface area (Å²) in [7, 11) is 0. The van der Waals surface area contributed by atoms with E-state index in [1.54, 1.807) is 0 Å². The summed E-state index contributed by atoms with van der Waals surface area (Å²) in [6, 6.07) is 9.49. The van der Waals surface area contributed by atoms with Crippen molar-refractivity contribution >= 4 is 40.7 Å².